The van der Waals surface area contributed by atoms with Crippen LogP contribution in [-0.2, 0) is 23.7 Å². The van der Waals surface area contributed by atoms with Crippen LogP contribution in [0.4, 0.5) is 0 Å². The Labute approximate surface area is 208 Å². The highest BCUT2D eigenvalue weighted by Gasteiger charge is 2.47. The van der Waals surface area contributed by atoms with E-state index < -0.39 is 6.29 Å². The van der Waals surface area contributed by atoms with Crippen molar-refractivity contribution < 1.29 is 23.7 Å². The van der Waals surface area contributed by atoms with Gasteiger partial charge < -0.3 is 40.9 Å². The van der Waals surface area contributed by atoms with E-state index in [0.29, 0.717) is 33.0 Å². The molecule has 0 bridgehead atoms. The molecule has 0 aromatic rings. The second-order valence-electron chi connectivity index (χ2n) is 9.02. The molecule has 0 aliphatic carbocycles. The Morgan fingerprint density at radius 3 is 1.65 bits per heavy atom. The summed E-state index contributed by atoms with van der Waals surface area (Å²) in [7, 11) is 0. The normalized spacial score (nSPS) is 22.4. The van der Waals surface area contributed by atoms with Gasteiger partial charge in [0, 0.05) is 19.8 Å². The smallest absolute Gasteiger partial charge is 0.187 e. The highest BCUT2D eigenvalue weighted by Crippen LogP contribution is 2.29. The van der Waals surface area contributed by atoms with Gasteiger partial charge >= 0.3 is 0 Å². The zero-order chi connectivity index (χ0) is 24.7. The number of nitrogens with two attached hydrogens (primary N) is 3. The molecule has 1 aliphatic heterocycles. The quantitative estimate of drug-likeness (QED) is 0.132. The lowest BCUT2D eigenvalue weighted by Gasteiger charge is -2.25. The molecule has 0 aromatic carbocycles. The van der Waals surface area contributed by atoms with Crippen LogP contribution in [-0.4, -0.2) is 77.3 Å². The predicted octanol–water partition coefficient (Wildman–Crippen LogP) is 3.26. The Hall–Kier alpha value is -0.580. The molecule has 1 rings (SSSR count). The van der Waals surface area contributed by atoms with Gasteiger partial charge in [0.05, 0.1) is 13.2 Å². The number of hydrogen-bond donors (Lipinski definition) is 3. The van der Waals surface area contributed by atoms with Crippen LogP contribution in [0.5, 0.6) is 0 Å². The van der Waals surface area contributed by atoms with Crippen molar-refractivity contribution in [2.45, 2.75) is 102 Å². The second kappa shape index (κ2) is 22.9. The van der Waals surface area contributed by atoms with Gasteiger partial charge in [0.1, 0.15) is 18.3 Å². The summed E-state index contributed by atoms with van der Waals surface area (Å²) >= 11 is 0. The van der Waals surface area contributed by atoms with Crippen molar-refractivity contribution in [2.75, 3.05) is 52.7 Å². The minimum atomic E-state index is -0.484. The topological polar surface area (TPSA) is 124 Å². The summed E-state index contributed by atoms with van der Waals surface area (Å²) in [4.78, 5) is 0. The van der Waals surface area contributed by atoms with E-state index in [-0.39, 0.29) is 18.3 Å². The zero-order valence-electron chi connectivity index (χ0n) is 21.5. The zero-order valence-corrected chi connectivity index (χ0v) is 21.5. The first-order valence-electron chi connectivity index (χ1n) is 13.6. The lowest BCUT2D eigenvalue weighted by molar-refractivity contribution is -0.176. The summed E-state index contributed by atoms with van der Waals surface area (Å²) < 4.78 is 30.7. The first-order valence-corrected chi connectivity index (χ1v) is 13.6. The Kier molecular flexibility index (Phi) is 21.1. The highest BCUT2D eigenvalue weighted by atomic mass is 16.7. The van der Waals surface area contributed by atoms with E-state index in [0.717, 1.165) is 96.7 Å². The van der Waals surface area contributed by atoms with Crippen LogP contribution in [0.15, 0.2) is 12.7 Å². The minimum Gasteiger partial charge on any atom is -0.379 e. The van der Waals surface area contributed by atoms with Gasteiger partial charge in [-0.25, -0.2) is 0 Å². The molecule has 4 atom stereocenters. The van der Waals surface area contributed by atoms with Crippen LogP contribution in [0.1, 0.15) is 77.0 Å². The fourth-order valence-corrected chi connectivity index (χ4v) is 4.04. The van der Waals surface area contributed by atoms with Crippen LogP contribution >= 0.6 is 0 Å². The summed E-state index contributed by atoms with van der Waals surface area (Å²) in [6.07, 6.45) is 13.5. The van der Waals surface area contributed by atoms with E-state index in [1.54, 1.807) is 6.08 Å². The third-order valence-electron chi connectivity index (χ3n) is 5.99. The van der Waals surface area contributed by atoms with Crippen LogP contribution in [0.25, 0.3) is 0 Å². The van der Waals surface area contributed by atoms with E-state index in [4.69, 9.17) is 40.9 Å². The van der Waals surface area contributed by atoms with Gasteiger partial charge in [-0.2, -0.15) is 0 Å². The Balaban J connectivity index is 2.59. The van der Waals surface area contributed by atoms with Gasteiger partial charge in [0.25, 0.3) is 0 Å². The summed E-state index contributed by atoms with van der Waals surface area (Å²) in [5.41, 5.74) is 16.8. The monoisotopic (exact) mass is 487 g/mol. The summed E-state index contributed by atoms with van der Waals surface area (Å²) in [6, 6.07) is 0. The van der Waals surface area contributed by atoms with Crippen molar-refractivity contribution in [1.29, 1.82) is 0 Å². The molecule has 202 valence electrons. The number of ether oxygens (including phenoxy) is 5. The molecule has 1 aliphatic rings. The molecule has 0 spiro atoms. The van der Waals surface area contributed by atoms with Crippen molar-refractivity contribution in [3.8, 4) is 0 Å². The Morgan fingerprint density at radius 1 is 0.618 bits per heavy atom. The Morgan fingerprint density at radius 2 is 1.12 bits per heavy atom. The minimum absolute atomic E-state index is 0.217. The maximum Gasteiger partial charge on any atom is 0.187 e. The second-order valence-corrected chi connectivity index (χ2v) is 9.02. The Bertz CT molecular complexity index is 458. The third-order valence-corrected chi connectivity index (χ3v) is 5.99. The molecule has 0 saturated carbocycles. The van der Waals surface area contributed by atoms with Crippen molar-refractivity contribution >= 4 is 0 Å². The van der Waals surface area contributed by atoms with E-state index in [1.165, 1.54) is 0 Å². The SMILES string of the molecule is C=CCOC1OC(COCCCCCCN)C(OCCCCCCN)C1OCCCCCCN. The summed E-state index contributed by atoms with van der Waals surface area (Å²) in [6.45, 7) is 8.90. The predicted molar refractivity (Wildman–Crippen MR) is 138 cm³/mol. The van der Waals surface area contributed by atoms with E-state index in [9.17, 15) is 0 Å². The molecule has 0 radical (unpaired) electrons. The van der Waals surface area contributed by atoms with Gasteiger partial charge in [-0.15, -0.1) is 6.58 Å². The first kappa shape index (κ1) is 31.4. The lowest BCUT2D eigenvalue weighted by atomic mass is 10.1. The molecule has 1 heterocycles. The molecule has 8 heteroatoms. The van der Waals surface area contributed by atoms with Crippen molar-refractivity contribution in [1.82, 2.24) is 0 Å². The van der Waals surface area contributed by atoms with Crippen LogP contribution < -0.4 is 17.2 Å². The highest BCUT2D eigenvalue weighted by molar-refractivity contribution is 4.90. The summed E-state index contributed by atoms with van der Waals surface area (Å²) in [5.74, 6) is 0. The fraction of sp³-hybridized carbons (Fsp3) is 0.923. The molecule has 0 aromatic heterocycles. The van der Waals surface area contributed by atoms with Crippen molar-refractivity contribution in [3.05, 3.63) is 12.7 Å². The van der Waals surface area contributed by atoms with Crippen molar-refractivity contribution in [3.63, 3.8) is 0 Å². The maximum absolute atomic E-state index is 6.33. The van der Waals surface area contributed by atoms with Gasteiger partial charge in [0.15, 0.2) is 6.29 Å². The molecule has 34 heavy (non-hydrogen) atoms. The van der Waals surface area contributed by atoms with Gasteiger partial charge in [0.2, 0.25) is 0 Å². The third kappa shape index (κ3) is 14.7. The average molecular weight is 488 g/mol. The number of hydrogen-bond acceptors (Lipinski definition) is 8. The molecule has 6 N–H and O–H groups in total. The molecule has 8 nitrogen and oxygen atoms in total. The van der Waals surface area contributed by atoms with Gasteiger partial charge in [-0.1, -0.05) is 44.6 Å². The maximum atomic E-state index is 6.33. The molecular formula is C26H53N3O5. The molecule has 1 saturated heterocycles. The number of unbranched alkanes of at least 4 members (excludes halogenated alkanes) is 9. The lowest BCUT2D eigenvalue weighted by Crippen LogP contribution is -2.40. The standard InChI is InChI=1S/C26H53N3O5/c1-2-18-33-26-25(32-21-14-8-5-11-17-29)24(31-20-13-7-4-10-16-28)23(34-26)22-30-19-12-6-3-9-15-27/h2,23-26H,1,3-22,27-29H2. The van der Waals surface area contributed by atoms with Gasteiger partial charge in [-0.3, -0.25) is 0 Å². The van der Waals surface area contributed by atoms with E-state index >= 15 is 0 Å². The van der Waals surface area contributed by atoms with E-state index in [2.05, 4.69) is 6.58 Å². The average Bonchev–Trinajstić information content (AvgIpc) is 3.17. The summed E-state index contributed by atoms with van der Waals surface area (Å²) in [5, 5.41) is 0. The van der Waals surface area contributed by atoms with Crippen LogP contribution in [0.3, 0.4) is 0 Å². The van der Waals surface area contributed by atoms with E-state index in [1.807, 2.05) is 0 Å². The number of rotatable bonds is 25. The molecule has 0 amide bonds. The first-order chi connectivity index (χ1) is 16.8. The fourth-order valence-electron chi connectivity index (χ4n) is 4.04. The largest absolute Gasteiger partial charge is 0.379 e. The molecule has 1 fully saturated rings. The van der Waals surface area contributed by atoms with Gasteiger partial charge in [-0.05, 0) is 58.2 Å². The molecule has 4 unspecified atom stereocenters. The van der Waals surface area contributed by atoms with Crippen LogP contribution in [0.2, 0.25) is 0 Å². The molecular weight excluding hydrogens is 434 g/mol. The van der Waals surface area contributed by atoms with Crippen LogP contribution in [0, 0.1) is 0 Å². The van der Waals surface area contributed by atoms with Crippen molar-refractivity contribution in [2.24, 2.45) is 17.2 Å².